The van der Waals surface area contributed by atoms with Gasteiger partial charge >= 0.3 is 0 Å². The van der Waals surface area contributed by atoms with Gasteiger partial charge < -0.3 is 0 Å². The van der Waals surface area contributed by atoms with Gasteiger partial charge in [0.1, 0.15) is 0 Å². The average molecular weight is 220 g/mol. The molecule has 4 aliphatic carbocycles. The van der Waals surface area contributed by atoms with Crippen LogP contribution >= 0.6 is 0 Å². The molecule has 0 aromatic heterocycles. The van der Waals surface area contributed by atoms with Gasteiger partial charge in [-0.15, -0.1) is 0 Å². The Bertz CT molecular complexity index is 236. The molecule has 0 nitrogen and oxygen atoms in total. The normalized spacial score (nSPS) is 44.6. The third kappa shape index (κ3) is 1.22. The second-order valence-corrected chi connectivity index (χ2v) is 7.61. The van der Waals surface area contributed by atoms with Crippen LogP contribution < -0.4 is 0 Å². The maximum absolute atomic E-state index is 2.50. The topological polar surface area (TPSA) is 0 Å². The molecule has 4 aliphatic rings. The number of hydrogen-bond acceptors (Lipinski definition) is 0. The van der Waals surface area contributed by atoms with Crippen molar-refractivity contribution < 1.29 is 0 Å². The maximum Gasteiger partial charge on any atom is -0.0194 e. The van der Waals surface area contributed by atoms with Crippen LogP contribution in [0.5, 0.6) is 0 Å². The van der Waals surface area contributed by atoms with Gasteiger partial charge in [-0.05, 0) is 73.0 Å². The van der Waals surface area contributed by atoms with Crippen molar-refractivity contribution in [1.29, 1.82) is 0 Å². The molecule has 4 bridgehead atoms. The lowest BCUT2D eigenvalue weighted by Gasteiger charge is -2.65. The SMILES string of the molecule is CC(C)C1(C(C)C)C2CC3CC(C2)CC1C3. The minimum Gasteiger partial charge on any atom is -0.0622 e. The Morgan fingerprint density at radius 3 is 1.38 bits per heavy atom. The van der Waals surface area contributed by atoms with Crippen LogP contribution in [0, 0.1) is 40.9 Å². The molecule has 4 saturated carbocycles. The summed E-state index contributed by atoms with van der Waals surface area (Å²) in [7, 11) is 0. The van der Waals surface area contributed by atoms with E-state index in [1.165, 1.54) is 0 Å². The van der Waals surface area contributed by atoms with Gasteiger partial charge in [0.25, 0.3) is 0 Å². The van der Waals surface area contributed by atoms with Crippen molar-refractivity contribution in [2.75, 3.05) is 0 Å². The van der Waals surface area contributed by atoms with Crippen LogP contribution in [0.25, 0.3) is 0 Å². The Labute approximate surface area is 101 Å². The van der Waals surface area contributed by atoms with Gasteiger partial charge in [-0.25, -0.2) is 0 Å². The molecule has 0 N–H and O–H groups in total. The van der Waals surface area contributed by atoms with Crippen molar-refractivity contribution in [2.45, 2.75) is 59.8 Å². The van der Waals surface area contributed by atoms with E-state index in [-0.39, 0.29) is 0 Å². The first-order valence-electron chi connectivity index (χ1n) is 7.55. The highest BCUT2D eigenvalue weighted by molar-refractivity contribution is 5.08. The molecule has 0 heteroatoms. The highest BCUT2D eigenvalue weighted by atomic mass is 14.6. The van der Waals surface area contributed by atoms with E-state index >= 15 is 0 Å². The van der Waals surface area contributed by atoms with Gasteiger partial charge in [-0.2, -0.15) is 0 Å². The second kappa shape index (κ2) is 3.50. The van der Waals surface area contributed by atoms with Crippen LogP contribution in [-0.2, 0) is 0 Å². The molecular formula is C16H28. The molecule has 4 fully saturated rings. The first-order valence-corrected chi connectivity index (χ1v) is 7.55. The van der Waals surface area contributed by atoms with Crippen molar-refractivity contribution in [3.63, 3.8) is 0 Å². The third-order valence-corrected chi connectivity index (χ3v) is 6.55. The Morgan fingerprint density at radius 1 is 0.688 bits per heavy atom. The molecule has 92 valence electrons. The molecule has 0 heterocycles. The minimum atomic E-state index is 0.702. The third-order valence-electron chi connectivity index (χ3n) is 6.55. The summed E-state index contributed by atoms with van der Waals surface area (Å²) in [6, 6.07) is 0. The quantitative estimate of drug-likeness (QED) is 0.630. The van der Waals surface area contributed by atoms with Crippen LogP contribution in [0.15, 0.2) is 0 Å². The van der Waals surface area contributed by atoms with E-state index in [0.29, 0.717) is 5.41 Å². The fraction of sp³-hybridized carbons (Fsp3) is 1.00. The molecule has 0 radical (unpaired) electrons. The lowest BCUT2D eigenvalue weighted by atomic mass is 9.40. The lowest BCUT2D eigenvalue weighted by molar-refractivity contribution is -0.159. The highest BCUT2D eigenvalue weighted by Crippen LogP contribution is 2.67. The fourth-order valence-electron chi connectivity index (χ4n) is 6.55. The molecule has 0 unspecified atom stereocenters. The van der Waals surface area contributed by atoms with Crippen LogP contribution in [0.3, 0.4) is 0 Å². The molecule has 0 aromatic rings. The molecule has 0 amide bonds. The van der Waals surface area contributed by atoms with Crippen LogP contribution in [0.2, 0.25) is 0 Å². The van der Waals surface area contributed by atoms with Crippen molar-refractivity contribution >= 4 is 0 Å². The minimum absolute atomic E-state index is 0.702. The summed E-state index contributed by atoms with van der Waals surface area (Å²) >= 11 is 0. The first-order chi connectivity index (χ1) is 7.55. The van der Waals surface area contributed by atoms with E-state index in [1.54, 1.807) is 32.1 Å². The number of rotatable bonds is 2. The van der Waals surface area contributed by atoms with Gasteiger partial charge in [-0.3, -0.25) is 0 Å². The zero-order valence-corrected chi connectivity index (χ0v) is 11.5. The molecule has 0 atom stereocenters. The molecule has 0 aromatic carbocycles. The summed E-state index contributed by atoms with van der Waals surface area (Å²) in [4.78, 5) is 0. The molecule has 16 heavy (non-hydrogen) atoms. The smallest absolute Gasteiger partial charge is 0.0194 e. The van der Waals surface area contributed by atoms with Crippen LogP contribution in [0.4, 0.5) is 0 Å². The summed E-state index contributed by atoms with van der Waals surface area (Å²) in [6.45, 7) is 10.0. The Kier molecular flexibility index (Phi) is 2.43. The first kappa shape index (κ1) is 11.1. The van der Waals surface area contributed by atoms with Crippen LogP contribution in [0.1, 0.15) is 59.8 Å². The molecule has 0 saturated heterocycles. The summed E-state index contributed by atoms with van der Waals surface area (Å²) in [5, 5.41) is 0. The van der Waals surface area contributed by atoms with Crippen molar-refractivity contribution in [3.05, 3.63) is 0 Å². The summed E-state index contributed by atoms with van der Waals surface area (Å²) in [6.07, 6.45) is 7.87. The van der Waals surface area contributed by atoms with Crippen molar-refractivity contribution in [2.24, 2.45) is 40.9 Å². The lowest BCUT2D eigenvalue weighted by Crippen LogP contribution is -2.57. The van der Waals surface area contributed by atoms with E-state index in [4.69, 9.17) is 0 Å². The van der Waals surface area contributed by atoms with Gasteiger partial charge in [0.05, 0.1) is 0 Å². The van der Waals surface area contributed by atoms with Crippen LogP contribution in [-0.4, -0.2) is 0 Å². The standard InChI is InChI=1S/C16H28/c1-10(2)16(11(3)4)14-6-12-5-13(8-14)9-15(16)7-12/h10-15H,5-9H2,1-4H3. The maximum atomic E-state index is 2.50. The summed E-state index contributed by atoms with van der Waals surface area (Å²) in [5.74, 6) is 6.17. The second-order valence-electron chi connectivity index (χ2n) is 7.61. The van der Waals surface area contributed by atoms with Gasteiger partial charge in [0, 0.05) is 0 Å². The zero-order chi connectivity index (χ0) is 11.5. The highest BCUT2D eigenvalue weighted by Gasteiger charge is 2.59. The zero-order valence-electron chi connectivity index (χ0n) is 11.5. The summed E-state index contributed by atoms with van der Waals surface area (Å²) in [5.41, 5.74) is 0.702. The van der Waals surface area contributed by atoms with E-state index in [2.05, 4.69) is 27.7 Å². The predicted octanol–water partition coefficient (Wildman–Crippen LogP) is 4.74. The van der Waals surface area contributed by atoms with E-state index in [0.717, 1.165) is 35.5 Å². The number of hydrogen-bond donors (Lipinski definition) is 0. The molecule has 4 rings (SSSR count). The largest absolute Gasteiger partial charge is 0.0622 e. The van der Waals surface area contributed by atoms with E-state index < -0.39 is 0 Å². The Balaban J connectivity index is 2.00. The van der Waals surface area contributed by atoms with Crippen molar-refractivity contribution in [1.82, 2.24) is 0 Å². The summed E-state index contributed by atoms with van der Waals surface area (Å²) < 4.78 is 0. The van der Waals surface area contributed by atoms with Gasteiger partial charge in [0.2, 0.25) is 0 Å². The van der Waals surface area contributed by atoms with Gasteiger partial charge in [-0.1, -0.05) is 27.7 Å². The van der Waals surface area contributed by atoms with Crippen molar-refractivity contribution in [3.8, 4) is 0 Å². The monoisotopic (exact) mass is 220 g/mol. The van der Waals surface area contributed by atoms with E-state index in [1.807, 2.05) is 0 Å². The molecule has 0 spiro atoms. The average Bonchev–Trinajstić information content (AvgIpc) is 2.14. The Morgan fingerprint density at radius 2 is 1.06 bits per heavy atom. The fourth-order valence-corrected chi connectivity index (χ4v) is 6.55. The van der Waals surface area contributed by atoms with Gasteiger partial charge in [0.15, 0.2) is 0 Å². The predicted molar refractivity (Wildman–Crippen MR) is 69.2 cm³/mol. The Hall–Kier alpha value is 0. The molecular weight excluding hydrogens is 192 g/mol. The molecule has 0 aliphatic heterocycles. The van der Waals surface area contributed by atoms with E-state index in [9.17, 15) is 0 Å².